The minimum absolute atomic E-state index is 0.111. The molecule has 0 heterocycles. The van der Waals surface area contributed by atoms with Crippen molar-refractivity contribution in [2.24, 2.45) is 0 Å². The van der Waals surface area contributed by atoms with Crippen LogP contribution in [0.2, 0.25) is 0 Å². The molecular weight excluding hydrogens is 362 g/mol. The number of hydrogen-bond donors (Lipinski definition) is 2. The minimum atomic E-state index is -3.75. The number of aliphatic hydroxyl groups excluding tert-OH is 1. The zero-order valence-corrected chi connectivity index (χ0v) is 16.4. The first-order chi connectivity index (χ1) is 12.8. The van der Waals surface area contributed by atoms with E-state index >= 15 is 0 Å². The van der Waals surface area contributed by atoms with Crippen LogP contribution < -0.4 is 9.46 Å². The SMILES string of the molecule is COc1c(C)cc(S(=O)(=O)NC[C@H](O)c2cccc3ccccc23)cc1C. The van der Waals surface area contributed by atoms with E-state index in [4.69, 9.17) is 4.74 Å². The molecule has 0 aliphatic heterocycles. The summed E-state index contributed by atoms with van der Waals surface area (Å²) in [5, 5.41) is 12.5. The van der Waals surface area contributed by atoms with Gasteiger partial charge in [0.05, 0.1) is 18.1 Å². The van der Waals surface area contributed by atoms with Crippen molar-refractivity contribution < 1.29 is 18.3 Å². The van der Waals surface area contributed by atoms with Gasteiger partial charge in [0.15, 0.2) is 0 Å². The summed E-state index contributed by atoms with van der Waals surface area (Å²) in [4.78, 5) is 0.156. The molecule has 0 aliphatic carbocycles. The summed E-state index contributed by atoms with van der Waals surface area (Å²) in [6, 6.07) is 16.4. The molecular formula is C21H23NO4S. The summed E-state index contributed by atoms with van der Waals surface area (Å²) in [7, 11) is -2.19. The molecule has 3 aromatic rings. The van der Waals surface area contributed by atoms with Gasteiger partial charge in [-0.05, 0) is 53.4 Å². The number of ether oxygens (including phenoxy) is 1. The summed E-state index contributed by atoms with van der Waals surface area (Å²) >= 11 is 0. The number of aryl methyl sites for hydroxylation is 2. The molecule has 0 saturated carbocycles. The van der Waals surface area contributed by atoms with E-state index in [1.54, 1.807) is 33.1 Å². The molecule has 3 rings (SSSR count). The van der Waals surface area contributed by atoms with Crippen LogP contribution >= 0.6 is 0 Å². The predicted octanol–water partition coefficient (Wildman–Crippen LogP) is 3.48. The van der Waals surface area contributed by atoms with Gasteiger partial charge in [0.1, 0.15) is 5.75 Å². The van der Waals surface area contributed by atoms with Gasteiger partial charge in [-0.1, -0.05) is 42.5 Å². The number of benzene rings is 3. The Morgan fingerprint density at radius 3 is 2.33 bits per heavy atom. The van der Waals surface area contributed by atoms with Crippen molar-refractivity contribution in [1.82, 2.24) is 4.72 Å². The van der Waals surface area contributed by atoms with Crippen LogP contribution in [0.4, 0.5) is 0 Å². The molecule has 0 fully saturated rings. The lowest BCUT2D eigenvalue weighted by Gasteiger charge is -2.16. The largest absolute Gasteiger partial charge is 0.496 e. The number of sulfonamides is 1. The van der Waals surface area contributed by atoms with Crippen molar-refractivity contribution in [3.05, 3.63) is 71.3 Å². The fraction of sp³-hybridized carbons (Fsp3) is 0.238. The fourth-order valence-corrected chi connectivity index (χ4v) is 4.52. The van der Waals surface area contributed by atoms with Gasteiger partial charge in [-0.3, -0.25) is 0 Å². The maximum atomic E-state index is 12.7. The molecule has 0 aliphatic rings. The average Bonchev–Trinajstić information content (AvgIpc) is 2.65. The van der Waals surface area contributed by atoms with E-state index in [0.717, 1.165) is 21.9 Å². The van der Waals surface area contributed by atoms with Gasteiger partial charge in [-0.2, -0.15) is 0 Å². The van der Waals surface area contributed by atoms with Crippen LogP contribution in [0.15, 0.2) is 59.5 Å². The van der Waals surface area contributed by atoms with Gasteiger partial charge in [0.2, 0.25) is 10.0 Å². The zero-order valence-electron chi connectivity index (χ0n) is 15.6. The van der Waals surface area contributed by atoms with Gasteiger partial charge >= 0.3 is 0 Å². The maximum absolute atomic E-state index is 12.7. The highest BCUT2D eigenvalue weighted by Crippen LogP contribution is 2.27. The first kappa shape index (κ1) is 19.4. The third kappa shape index (κ3) is 3.98. The monoisotopic (exact) mass is 385 g/mol. The summed E-state index contributed by atoms with van der Waals surface area (Å²) in [5.41, 5.74) is 2.18. The average molecular weight is 385 g/mol. The third-order valence-electron chi connectivity index (χ3n) is 4.60. The van der Waals surface area contributed by atoms with Crippen LogP contribution in [0, 0.1) is 13.8 Å². The summed E-state index contributed by atoms with van der Waals surface area (Å²) in [5.74, 6) is 0.671. The summed E-state index contributed by atoms with van der Waals surface area (Å²) < 4.78 is 33.1. The van der Waals surface area contributed by atoms with Crippen molar-refractivity contribution in [2.75, 3.05) is 13.7 Å². The van der Waals surface area contributed by atoms with E-state index in [-0.39, 0.29) is 11.4 Å². The molecule has 2 N–H and O–H groups in total. The van der Waals surface area contributed by atoms with Crippen molar-refractivity contribution in [3.63, 3.8) is 0 Å². The Morgan fingerprint density at radius 2 is 1.67 bits per heavy atom. The highest BCUT2D eigenvalue weighted by molar-refractivity contribution is 7.89. The van der Waals surface area contributed by atoms with Gasteiger partial charge in [0.25, 0.3) is 0 Å². The quantitative estimate of drug-likeness (QED) is 0.681. The third-order valence-corrected chi connectivity index (χ3v) is 6.00. The molecule has 0 amide bonds. The molecule has 0 radical (unpaired) electrons. The molecule has 142 valence electrons. The standard InChI is InChI=1S/C21H23NO4S/c1-14-11-17(12-15(2)21(14)26-3)27(24,25)22-13-20(23)19-10-6-8-16-7-4-5-9-18(16)19/h4-12,20,22-23H,13H2,1-3H3/t20-/m0/s1. The molecule has 3 aromatic carbocycles. The van der Waals surface area contributed by atoms with Gasteiger partial charge in [-0.15, -0.1) is 0 Å². The van der Waals surface area contributed by atoms with Crippen LogP contribution in [0.3, 0.4) is 0 Å². The van der Waals surface area contributed by atoms with E-state index in [9.17, 15) is 13.5 Å². The predicted molar refractivity (Wildman–Crippen MR) is 107 cm³/mol. The Kier molecular flexibility index (Phi) is 5.51. The van der Waals surface area contributed by atoms with Crippen LogP contribution in [-0.2, 0) is 10.0 Å². The fourth-order valence-electron chi connectivity index (χ4n) is 3.31. The molecule has 0 unspecified atom stereocenters. The molecule has 0 bridgehead atoms. The van der Waals surface area contributed by atoms with E-state index < -0.39 is 16.1 Å². The van der Waals surface area contributed by atoms with Crippen molar-refractivity contribution in [1.29, 1.82) is 0 Å². The lowest BCUT2D eigenvalue weighted by atomic mass is 10.0. The number of rotatable bonds is 6. The van der Waals surface area contributed by atoms with Crippen molar-refractivity contribution in [2.45, 2.75) is 24.8 Å². The van der Waals surface area contributed by atoms with Gasteiger partial charge < -0.3 is 9.84 Å². The molecule has 6 heteroatoms. The second kappa shape index (κ2) is 7.68. The van der Waals surface area contributed by atoms with E-state index in [0.29, 0.717) is 11.3 Å². The Balaban J connectivity index is 1.83. The molecule has 5 nitrogen and oxygen atoms in total. The topological polar surface area (TPSA) is 75.6 Å². The van der Waals surface area contributed by atoms with Crippen molar-refractivity contribution in [3.8, 4) is 5.75 Å². The Hall–Kier alpha value is -2.41. The molecule has 27 heavy (non-hydrogen) atoms. The second-order valence-corrected chi connectivity index (χ2v) is 8.29. The van der Waals surface area contributed by atoms with Crippen LogP contribution in [-0.4, -0.2) is 27.2 Å². The normalized spacial score (nSPS) is 12.9. The van der Waals surface area contributed by atoms with Gasteiger partial charge in [0, 0.05) is 6.54 Å². The number of aliphatic hydroxyl groups is 1. The highest BCUT2D eigenvalue weighted by Gasteiger charge is 2.20. The van der Waals surface area contributed by atoms with E-state index in [1.165, 1.54) is 0 Å². The smallest absolute Gasteiger partial charge is 0.240 e. The molecule has 0 aromatic heterocycles. The first-order valence-electron chi connectivity index (χ1n) is 8.64. The first-order valence-corrected chi connectivity index (χ1v) is 10.1. The molecule has 1 atom stereocenters. The van der Waals surface area contributed by atoms with Crippen LogP contribution in [0.5, 0.6) is 5.75 Å². The van der Waals surface area contributed by atoms with Crippen LogP contribution in [0.25, 0.3) is 10.8 Å². The van der Waals surface area contributed by atoms with Crippen molar-refractivity contribution >= 4 is 20.8 Å². The van der Waals surface area contributed by atoms with Crippen LogP contribution in [0.1, 0.15) is 22.8 Å². The Bertz CT molecular complexity index is 1050. The molecule has 0 spiro atoms. The second-order valence-electron chi connectivity index (χ2n) is 6.53. The minimum Gasteiger partial charge on any atom is -0.496 e. The highest BCUT2D eigenvalue weighted by atomic mass is 32.2. The number of hydrogen-bond acceptors (Lipinski definition) is 4. The summed E-state index contributed by atoms with van der Waals surface area (Å²) in [6.45, 7) is 3.49. The molecule has 0 saturated heterocycles. The number of nitrogens with one attached hydrogen (secondary N) is 1. The van der Waals surface area contributed by atoms with Gasteiger partial charge in [-0.25, -0.2) is 13.1 Å². The van der Waals surface area contributed by atoms with E-state index in [1.807, 2.05) is 42.5 Å². The Labute approximate surface area is 159 Å². The lowest BCUT2D eigenvalue weighted by molar-refractivity contribution is 0.183. The summed E-state index contributed by atoms with van der Waals surface area (Å²) in [6.07, 6.45) is -0.952. The maximum Gasteiger partial charge on any atom is 0.240 e. The number of methoxy groups -OCH3 is 1. The lowest BCUT2D eigenvalue weighted by Crippen LogP contribution is -2.28. The van der Waals surface area contributed by atoms with E-state index in [2.05, 4.69) is 4.72 Å². The zero-order chi connectivity index (χ0) is 19.6. The number of fused-ring (bicyclic) bond motifs is 1. The Morgan fingerprint density at radius 1 is 1.04 bits per heavy atom.